The molecule has 3 rings (SSSR count). The SMILES string of the molecule is COc1ccc(-c2c[nH]c3c(Br)cc(Br)cc3c2=O)cc1. The zero-order valence-electron chi connectivity index (χ0n) is 11.1. The first-order chi connectivity index (χ1) is 10.1. The molecule has 0 radical (unpaired) electrons. The summed E-state index contributed by atoms with van der Waals surface area (Å²) in [5, 5.41) is 0.643. The lowest BCUT2D eigenvalue weighted by Crippen LogP contribution is -2.06. The Morgan fingerprint density at radius 1 is 1.10 bits per heavy atom. The molecule has 3 nitrogen and oxygen atoms in total. The van der Waals surface area contributed by atoms with E-state index >= 15 is 0 Å². The first-order valence-electron chi connectivity index (χ1n) is 6.25. The van der Waals surface area contributed by atoms with Gasteiger partial charge in [0, 0.05) is 26.1 Å². The highest BCUT2D eigenvalue weighted by Gasteiger charge is 2.10. The molecule has 3 aromatic rings. The van der Waals surface area contributed by atoms with Gasteiger partial charge in [0.1, 0.15) is 5.75 Å². The maximum atomic E-state index is 12.7. The van der Waals surface area contributed by atoms with Gasteiger partial charge in [0.15, 0.2) is 5.43 Å². The van der Waals surface area contributed by atoms with Crippen LogP contribution < -0.4 is 10.2 Å². The first kappa shape index (κ1) is 14.4. The summed E-state index contributed by atoms with van der Waals surface area (Å²) in [6.07, 6.45) is 1.74. The van der Waals surface area contributed by atoms with E-state index in [0.717, 1.165) is 25.8 Å². The third-order valence-corrected chi connectivity index (χ3v) is 4.39. The molecule has 0 aliphatic heterocycles. The fourth-order valence-electron chi connectivity index (χ4n) is 2.24. The molecule has 2 aromatic carbocycles. The second kappa shape index (κ2) is 5.66. The minimum Gasteiger partial charge on any atom is -0.497 e. The molecule has 0 amide bonds. The van der Waals surface area contributed by atoms with E-state index in [1.54, 1.807) is 13.3 Å². The van der Waals surface area contributed by atoms with Crippen molar-refractivity contribution in [1.82, 2.24) is 4.98 Å². The summed E-state index contributed by atoms with van der Waals surface area (Å²) in [7, 11) is 1.62. The van der Waals surface area contributed by atoms with Gasteiger partial charge in [0.2, 0.25) is 0 Å². The number of ether oxygens (including phenoxy) is 1. The number of H-pyrrole nitrogens is 1. The van der Waals surface area contributed by atoms with E-state index in [4.69, 9.17) is 4.74 Å². The quantitative estimate of drug-likeness (QED) is 0.666. The van der Waals surface area contributed by atoms with Crippen LogP contribution in [0.4, 0.5) is 0 Å². The van der Waals surface area contributed by atoms with Crippen molar-refractivity contribution in [3.05, 3.63) is 61.8 Å². The van der Waals surface area contributed by atoms with E-state index in [1.807, 2.05) is 36.4 Å². The molecule has 0 bridgehead atoms. The van der Waals surface area contributed by atoms with Crippen LogP contribution in [0, 0.1) is 0 Å². The van der Waals surface area contributed by atoms with E-state index in [-0.39, 0.29) is 5.43 Å². The highest BCUT2D eigenvalue weighted by Crippen LogP contribution is 2.27. The van der Waals surface area contributed by atoms with Gasteiger partial charge in [0.25, 0.3) is 0 Å². The van der Waals surface area contributed by atoms with Gasteiger partial charge in [-0.05, 0) is 45.8 Å². The van der Waals surface area contributed by atoms with Gasteiger partial charge in [-0.1, -0.05) is 28.1 Å². The lowest BCUT2D eigenvalue weighted by atomic mass is 10.0. The van der Waals surface area contributed by atoms with E-state index < -0.39 is 0 Å². The zero-order valence-corrected chi connectivity index (χ0v) is 14.3. The monoisotopic (exact) mass is 407 g/mol. The summed E-state index contributed by atoms with van der Waals surface area (Å²) in [5.41, 5.74) is 2.28. The third kappa shape index (κ3) is 2.63. The number of hydrogen-bond acceptors (Lipinski definition) is 2. The summed E-state index contributed by atoms with van der Waals surface area (Å²) in [4.78, 5) is 15.9. The normalized spacial score (nSPS) is 10.8. The summed E-state index contributed by atoms with van der Waals surface area (Å²) in [6.45, 7) is 0. The molecule has 1 aromatic heterocycles. The van der Waals surface area contributed by atoms with Crippen LogP contribution in [-0.2, 0) is 0 Å². The average molecular weight is 409 g/mol. The zero-order chi connectivity index (χ0) is 15.0. The van der Waals surface area contributed by atoms with E-state index in [1.165, 1.54) is 0 Å². The van der Waals surface area contributed by atoms with Gasteiger partial charge in [-0.2, -0.15) is 0 Å². The second-order valence-electron chi connectivity index (χ2n) is 4.57. The van der Waals surface area contributed by atoms with Gasteiger partial charge < -0.3 is 9.72 Å². The summed E-state index contributed by atoms with van der Waals surface area (Å²) in [6, 6.07) is 11.2. The van der Waals surface area contributed by atoms with Crippen LogP contribution in [0.5, 0.6) is 5.75 Å². The molecule has 0 spiro atoms. The van der Waals surface area contributed by atoms with Crippen molar-refractivity contribution in [2.45, 2.75) is 0 Å². The topological polar surface area (TPSA) is 42.1 Å². The highest BCUT2D eigenvalue weighted by molar-refractivity contribution is 9.11. The molecule has 0 unspecified atom stereocenters. The number of hydrogen-bond donors (Lipinski definition) is 1. The molecule has 0 fully saturated rings. The molecule has 0 saturated heterocycles. The number of benzene rings is 2. The predicted octanol–water partition coefficient (Wildman–Crippen LogP) is 4.73. The molecule has 0 aliphatic carbocycles. The number of methoxy groups -OCH3 is 1. The maximum Gasteiger partial charge on any atom is 0.197 e. The standard InChI is InChI=1S/C16H11Br2NO2/c1-21-11-4-2-9(3-5-11)13-8-19-15-12(16(13)20)6-10(17)7-14(15)18/h2-8H,1H3,(H,19,20). The van der Waals surface area contributed by atoms with Crippen molar-refractivity contribution in [3.63, 3.8) is 0 Å². The number of nitrogens with one attached hydrogen (secondary N) is 1. The lowest BCUT2D eigenvalue weighted by molar-refractivity contribution is 0.415. The summed E-state index contributed by atoms with van der Waals surface area (Å²) in [5.74, 6) is 0.765. The number of pyridine rings is 1. The van der Waals surface area contributed by atoms with Gasteiger partial charge in [-0.3, -0.25) is 4.79 Å². The fraction of sp³-hybridized carbons (Fsp3) is 0.0625. The molecular weight excluding hydrogens is 398 g/mol. The summed E-state index contributed by atoms with van der Waals surface area (Å²) < 4.78 is 6.85. The van der Waals surface area contributed by atoms with Crippen molar-refractivity contribution in [2.24, 2.45) is 0 Å². The molecular formula is C16H11Br2NO2. The van der Waals surface area contributed by atoms with Gasteiger partial charge >= 0.3 is 0 Å². The van der Waals surface area contributed by atoms with E-state index in [9.17, 15) is 4.79 Å². The fourth-order valence-corrected chi connectivity index (χ4v) is 3.58. The van der Waals surface area contributed by atoms with Crippen LogP contribution in [0.25, 0.3) is 22.0 Å². The second-order valence-corrected chi connectivity index (χ2v) is 6.34. The molecule has 0 aliphatic rings. The Bertz CT molecular complexity index is 870. The number of rotatable bonds is 2. The van der Waals surface area contributed by atoms with Crippen molar-refractivity contribution < 1.29 is 4.74 Å². The van der Waals surface area contributed by atoms with Gasteiger partial charge in [-0.15, -0.1) is 0 Å². The first-order valence-corrected chi connectivity index (χ1v) is 7.83. The molecule has 1 N–H and O–H groups in total. The van der Waals surface area contributed by atoms with Gasteiger partial charge in [-0.25, -0.2) is 0 Å². The molecule has 21 heavy (non-hydrogen) atoms. The molecule has 0 atom stereocenters. The molecule has 5 heteroatoms. The van der Waals surface area contributed by atoms with Crippen LogP contribution in [-0.4, -0.2) is 12.1 Å². The van der Waals surface area contributed by atoms with Crippen molar-refractivity contribution >= 4 is 42.8 Å². The Morgan fingerprint density at radius 2 is 1.81 bits per heavy atom. The van der Waals surface area contributed by atoms with Crippen LogP contribution >= 0.6 is 31.9 Å². The summed E-state index contributed by atoms with van der Waals surface area (Å²) >= 11 is 6.88. The average Bonchev–Trinajstić information content (AvgIpc) is 2.48. The van der Waals surface area contributed by atoms with Crippen LogP contribution in [0.3, 0.4) is 0 Å². The Kier molecular flexibility index (Phi) is 3.87. The minimum absolute atomic E-state index is 0.00378. The minimum atomic E-state index is -0.00378. The lowest BCUT2D eigenvalue weighted by Gasteiger charge is -2.07. The largest absolute Gasteiger partial charge is 0.497 e. The van der Waals surface area contributed by atoms with Crippen LogP contribution in [0.15, 0.2) is 56.3 Å². The van der Waals surface area contributed by atoms with Crippen molar-refractivity contribution in [1.29, 1.82) is 0 Å². The molecule has 1 heterocycles. The predicted molar refractivity (Wildman–Crippen MR) is 92.0 cm³/mol. The van der Waals surface area contributed by atoms with Gasteiger partial charge in [0.05, 0.1) is 12.6 Å². The number of fused-ring (bicyclic) bond motifs is 1. The van der Waals surface area contributed by atoms with E-state index in [2.05, 4.69) is 36.8 Å². The molecule has 106 valence electrons. The smallest absolute Gasteiger partial charge is 0.197 e. The number of aromatic amines is 1. The Hall–Kier alpha value is -1.59. The Balaban J connectivity index is 2.24. The van der Waals surface area contributed by atoms with Crippen molar-refractivity contribution in [3.8, 4) is 16.9 Å². The maximum absolute atomic E-state index is 12.7. The van der Waals surface area contributed by atoms with Crippen LogP contribution in [0.1, 0.15) is 0 Å². The third-order valence-electron chi connectivity index (χ3n) is 3.31. The van der Waals surface area contributed by atoms with Crippen molar-refractivity contribution in [2.75, 3.05) is 7.11 Å². The number of halogens is 2. The molecule has 0 saturated carbocycles. The van der Waals surface area contributed by atoms with Crippen LogP contribution in [0.2, 0.25) is 0 Å². The van der Waals surface area contributed by atoms with E-state index in [0.29, 0.717) is 10.9 Å². The number of aromatic nitrogens is 1. The Morgan fingerprint density at radius 3 is 2.48 bits per heavy atom. The highest BCUT2D eigenvalue weighted by atomic mass is 79.9. The Labute approximate surface area is 138 Å².